The van der Waals surface area contributed by atoms with Gasteiger partial charge in [0.2, 0.25) is 0 Å². The fourth-order valence-electron chi connectivity index (χ4n) is 2.45. The molecule has 0 atom stereocenters. The van der Waals surface area contributed by atoms with E-state index >= 15 is 0 Å². The van der Waals surface area contributed by atoms with Crippen LogP contribution in [-0.4, -0.2) is 39.8 Å². The van der Waals surface area contributed by atoms with Crippen LogP contribution in [-0.2, 0) is 4.74 Å². The van der Waals surface area contributed by atoms with Crippen LogP contribution >= 0.6 is 0 Å². The van der Waals surface area contributed by atoms with E-state index in [2.05, 4.69) is 21.7 Å². The molecule has 116 valence electrons. The van der Waals surface area contributed by atoms with Crippen molar-refractivity contribution < 1.29 is 4.74 Å². The molecule has 0 amide bonds. The number of aliphatic imine (C=N–C) groups is 1. The Balaban J connectivity index is 2.03. The van der Waals surface area contributed by atoms with E-state index in [0.717, 1.165) is 44.9 Å². The van der Waals surface area contributed by atoms with Gasteiger partial charge in [0.1, 0.15) is 0 Å². The number of nitrogens with one attached hydrogen (secondary N) is 2. The molecule has 2 N–H and O–H groups in total. The Morgan fingerprint density at radius 3 is 2.75 bits per heavy atom. The minimum atomic E-state index is 0.863. The second-order valence-corrected chi connectivity index (χ2v) is 5.34. The number of methoxy groups -OCH3 is 1. The lowest BCUT2D eigenvalue weighted by Crippen LogP contribution is -2.38. The van der Waals surface area contributed by atoms with Gasteiger partial charge in [-0.2, -0.15) is 0 Å². The van der Waals surface area contributed by atoms with E-state index in [1.54, 1.807) is 12.7 Å². The highest BCUT2D eigenvalue weighted by atomic mass is 16.5. The van der Waals surface area contributed by atoms with E-state index < -0.39 is 0 Å². The van der Waals surface area contributed by atoms with E-state index in [9.17, 15) is 0 Å². The topological polar surface area (TPSA) is 45.7 Å². The van der Waals surface area contributed by atoms with Crippen LogP contribution < -0.4 is 10.6 Å². The lowest BCUT2D eigenvalue weighted by atomic mass is 9.97. The van der Waals surface area contributed by atoms with Crippen LogP contribution in [0.4, 0.5) is 0 Å². The standard InChI is InChI=1S/C16H31N3O/c1-17-16(18-12-7-4-8-14-20-2)19-13-11-15-9-5-3-6-10-15/h9H,3-8,10-14H2,1-2H3,(H2,17,18,19). The van der Waals surface area contributed by atoms with Crippen LogP contribution in [0.2, 0.25) is 0 Å². The van der Waals surface area contributed by atoms with Crippen molar-refractivity contribution in [3.8, 4) is 0 Å². The smallest absolute Gasteiger partial charge is 0.190 e. The van der Waals surface area contributed by atoms with Crippen LogP contribution in [0.3, 0.4) is 0 Å². The van der Waals surface area contributed by atoms with Crippen molar-refractivity contribution in [3.63, 3.8) is 0 Å². The summed E-state index contributed by atoms with van der Waals surface area (Å²) in [4.78, 5) is 4.25. The largest absolute Gasteiger partial charge is 0.385 e. The van der Waals surface area contributed by atoms with Gasteiger partial charge >= 0.3 is 0 Å². The van der Waals surface area contributed by atoms with Crippen molar-refractivity contribution in [2.75, 3.05) is 33.9 Å². The molecule has 0 radical (unpaired) electrons. The maximum Gasteiger partial charge on any atom is 0.190 e. The third-order valence-electron chi connectivity index (χ3n) is 3.66. The molecule has 0 aromatic heterocycles. The van der Waals surface area contributed by atoms with Crippen LogP contribution in [0.15, 0.2) is 16.6 Å². The van der Waals surface area contributed by atoms with Gasteiger partial charge in [-0.3, -0.25) is 4.99 Å². The van der Waals surface area contributed by atoms with Crippen LogP contribution in [0.1, 0.15) is 51.4 Å². The average molecular weight is 281 g/mol. The molecule has 1 aliphatic rings. The first kappa shape index (κ1) is 17.0. The molecule has 0 unspecified atom stereocenters. The molecule has 0 heterocycles. The SMILES string of the molecule is CN=C(NCCCCCOC)NCCC1=CCCCC1. The highest BCUT2D eigenvalue weighted by Crippen LogP contribution is 2.19. The summed E-state index contributed by atoms with van der Waals surface area (Å²) in [5, 5.41) is 6.75. The molecule has 0 saturated heterocycles. The highest BCUT2D eigenvalue weighted by molar-refractivity contribution is 5.79. The Kier molecular flexibility index (Phi) is 10.0. The predicted octanol–water partition coefficient (Wildman–Crippen LogP) is 2.86. The van der Waals surface area contributed by atoms with Crippen molar-refractivity contribution in [1.82, 2.24) is 10.6 Å². The molecule has 0 saturated carbocycles. The van der Waals surface area contributed by atoms with Gasteiger partial charge in [0, 0.05) is 33.9 Å². The second kappa shape index (κ2) is 11.8. The maximum atomic E-state index is 5.04. The summed E-state index contributed by atoms with van der Waals surface area (Å²) < 4.78 is 5.04. The molecule has 4 heteroatoms. The lowest BCUT2D eigenvalue weighted by molar-refractivity contribution is 0.192. The molecule has 0 aromatic carbocycles. The van der Waals surface area contributed by atoms with Gasteiger partial charge in [0.15, 0.2) is 5.96 Å². The number of hydrogen-bond donors (Lipinski definition) is 2. The summed E-state index contributed by atoms with van der Waals surface area (Å²) in [7, 11) is 3.59. The van der Waals surface area contributed by atoms with Gasteiger partial charge in [0.05, 0.1) is 0 Å². The number of allylic oxidation sites excluding steroid dienone is 1. The van der Waals surface area contributed by atoms with E-state index in [1.165, 1.54) is 32.1 Å². The Hall–Kier alpha value is -1.03. The normalized spacial score (nSPS) is 15.9. The fourth-order valence-corrected chi connectivity index (χ4v) is 2.45. The second-order valence-electron chi connectivity index (χ2n) is 5.34. The summed E-state index contributed by atoms with van der Waals surface area (Å²) in [6, 6.07) is 0. The number of ether oxygens (including phenoxy) is 1. The van der Waals surface area contributed by atoms with Crippen molar-refractivity contribution in [2.45, 2.75) is 51.4 Å². The number of nitrogens with zero attached hydrogens (tertiary/aromatic N) is 1. The summed E-state index contributed by atoms with van der Waals surface area (Å²) in [5.74, 6) is 0.924. The van der Waals surface area contributed by atoms with Crippen molar-refractivity contribution in [3.05, 3.63) is 11.6 Å². The van der Waals surface area contributed by atoms with E-state index in [4.69, 9.17) is 4.74 Å². The molecular formula is C16H31N3O. The summed E-state index contributed by atoms with van der Waals surface area (Å²) in [6.45, 7) is 2.82. The Morgan fingerprint density at radius 1 is 1.20 bits per heavy atom. The Bertz CT molecular complexity index is 300. The number of unbranched alkanes of at least 4 members (excludes halogenated alkanes) is 2. The zero-order valence-electron chi connectivity index (χ0n) is 13.2. The molecule has 0 fully saturated rings. The molecule has 1 rings (SSSR count). The highest BCUT2D eigenvalue weighted by Gasteiger charge is 2.03. The van der Waals surface area contributed by atoms with Crippen molar-refractivity contribution in [2.24, 2.45) is 4.99 Å². The van der Waals surface area contributed by atoms with Gasteiger partial charge in [0.25, 0.3) is 0 Å². The monoisotopic (exact) mass is 281 g/mol. The minimum absolute atomic E-state index is 0.863. The molecule has 0 bridgehead atoms. The maximum absolute atomic E-state index is 5.04. The number of rotatable bonds is 9. The molecular weight excluding hydrogens is 250 g/mol. The van der Waals surface area contributed by atoms with Crippen molar-refractivity contribution >= 4 is 5.96 Å². The molecule has 20 heavy (non-hydrogen) atoms. The minimum Gasteiger partial charge on any atom is -0.385 e. The number of guanidine groups is 1. The molecule has 0 spiro atoms. The van der Waals surface area contributed by atoms with Crippen LogP contribution in [0.25, 0.3) is 0 Å². The van der Waals surface area contributed by atoms with E-state index in [-0.39, 0.29) is 0 Å². The number of hydrogen-bond acceptors (Lipinski definition) is 2. The third-order valence-corrected chi connectivity index (χ3v) is 3.66. The van der Waals surface area contributed by atoms with Gasteiger partial charge in [-0.15, -0.1) is 0 Å². The third kappa shape index (κ3) is 8.20. The first-order valence-electron chi connectivity index (χ1n) is 7.98. The van der Waals surface area contributed by atoms with Gasteiger partial charge in [-0.05, 0) is 51.4 Å². The molecule has 0 aliphatic heterocycles. The lowest BCUT2D eigenvalue weighted by Gasteiger charge is -2.15. The van der Waals surface area contributed by atoms with Gasteiger partial charge < -0.3 is 15.4 Å². The van der Waals surface area contributed by atoms with Gasteiger partial charge in [-0.25, -0.2) is 0 Å². The zero-order chi connectivity index (χ0) is 14.5. The van der Waals surface area contributed by atoms with Crippen molar-refractivity contribution in [1.29, 1.82) is 0 Å². The van der Waals surface area contributed by atoms with Crippen LogP contribution in [0, 0.1) is 0 Å². The predicted molar refractivity (Wildman–Crippen MR) is 86.3 cm³/mol. The first-order valence-corrected chi connectivity index (χ1v) is 7.98. The molecule has 1 aliphatic carbocycles. The van der Waals surface area contributed by atoms with E-state index in [1.807, 2.05) is 7.05 Å². The zero-order valence-corrected chi connectivity index (χ0v) is 13.2. The summed E-state index contributed by atoms with van der Waals surface area (Å²) >= 11 is 0. The molecule has 4 nitrogen and oxygen atoms in total. The quantitative estimate of drug-likeness (QED) is 0.296. The first-order chi connectivity index (χ1) is 9.86. The average Bonchev–Trinajstić information content (AvgIpc) is 2.50. The summed E-state index contributed by atoms with van der Waals surface area (Å²) in [6.07, 6.45) is 12.3. The Morgan fingerprint density at radius 2 is 2.05 bits per heavy atom. The molecule has 0 aromatic rings. The summed E-state index contributed by atoms with van der Waals surface area (Å²) in [5.41, 5.74) is 1.61. The van der Waals surface area contributed by atoms with E-state index in [0.29, 0.717) is 0 Å². The van der Waals surface area contributed by atoms with Gasteiger partial charge in [-0.1, -0.05) is 11.6 Å². The van der Waals surface area contributed by atoms with Crippen LogP contribution in [0.5, 0.6) is 0 Å². The Labute approximate surface area is 124 Å². The fraction of sp³-hybridized carbons (Fsp3) is 0.812.